The van der Waals surface area contributed by atoms with Crippen molar-refractivity contribution in [1.29, 1.82) is 0 Å². The molecule has 1 saturated heterocycles. The van der Waals surface area contributed by atoms with Gasteiger partial charge >= 0.3 is 185 Å². The Morgan fingerprint density at radius 2 is 1.23 bits per heavy atom. The molecule has 0 aliphatic carbocycles. The third-order valence-electron chi connectivity index (χ3n) is 6.16. The van der Waals surface area contributed by atoms with E-state index in [0.29, 0.717) is 17.2 Å². The second-order valence-electron chi connectivity index (χ2n) is 8.02. The molecule has 0 atom stereocenters. The molecule has 6 aromatic carbocycles. The Bertz CT molecular complexity index is 1560. The van der Waals surface area contributed by atoms with Gasteiger partial charge in [-0.1, -0.05) is 6.07 Å². The predicted octanol–water partition coefficient (Wildman–Crippen LogP) is 5.10. The molecule has 0 spiro atoms. The molecule has 1 aliphatic rings. The quantitative estimate of drug-likeness (QED) is 0.149. The van der Waals surface area contributed by atoms with Crippen molar-refractivity contribution in [3.05, 3.63) is 94.6 Å². The number of halogens is 2. The van der Waals surface area contributed by atoms with Gasteiger partial charge in [0.1, 0.15) is 0 Å². The van der Waals surface area contributed by atoms with Gasteiger partial charge in [0.25, 0.3) is 0 Å². The zero-order valence-corrected chi connectivity index (χ0v) is 20.6. The van der Waals surface area contributed by atoms with Crippen LogP contribution in [0.25, 0.3) is 54.2 Å². The van der Waals surface area contributed by atoms with Gasteiger partial charge < -0.3 is 0 Å². The molecule has 1 fully saturated rings. The van der Waals surface area contributed by atoms with Crippen molar-refractivity contribution >= 4 is 58.9 Å². The topological polar surface area (TPSA) is 0 Å². The van der Waals surface area contributed by atoms with Gasteiger partial charge in [0.15, 0.2) is 0 Å². The van der Waals surface area contributed by atoms with Crippen LogP contribution in [0.5, 0.6) is 0 Å². The summed E-state index contributed by atoms with van der Waals surface area (Å²) in [5.74, 6) is 0. The van der Waals surface area contributed by atoms with E-state index in [1.165, 1.54) is 54.2 Å². The van der Waals surface area contributed by atoms with Crippen molar-refractivity contribution in [1.82, 2.24) is 0 Å². The third kappa shape index (κ3) is 2.83. The average molecular weight is 609 g/mol. The second-order valence-corrected chi connectivity index (χ2v) is 24.5. The Morgan fingerprint density at radius 1 is 0.567 bits per heavy atom. The van der Waals surface area contributed by atoms with E-state index in [1.807, 2.05) is 0 Å². The average Bonchev–Trinajstić information content (AvgIpc) is 3.61. The molecule has 1 aliphatic heterocycles. The monoisotopic (exact) mass is 609 g/mol. The Morgan fingerprint density at radius 3 is 2.07 bits per heavy atom. The molecule has 0 N–H and O–H groups in total. The number of hydrogen-bond acceptors (Lipinski definition) is 0. The number of benzene rings is 6. The molecule has 30 heavy (non-hydrogen) atoms. The summed E-state index contributed by atoms with van der Waals surface area (Å²) in [5.41, 5.74) is 2.66. The van der Waals surface area contributed by atoms with Gasteiger partial charge in [-0.05, 0) is 0 Å². The molecule has 146 valence electrons. The normalized spacial score (nSPS) is 15.1. The number of alkyl halides is 2. The van der Waals surface area contributed by atoms with E-state index in [-0.39, 0.29) is 0 Å². The first-order valence-electron chi connectivity index (χ1n) is 10.3. The molecule has 0 saturated carbocycles. The number of rotatable bonds is 3. The van der Waals surface area contributed by atoms with E-state index >= 15 is 0 Å². The summed E-state index contributed by atoms with van der Waals surface area (Å²) >= 11 is -0.0386. The summed E-state index contributed by atoms with van der Waals surface area (Å²) in [6.45, 7) is 0. The zero-order valence-electron chi connectivity index (χ0n) is 16.3. The first-order chi connectivity index (χ1) is 14.8. The Balaban J connectivity index is 1.44. The summed E-state index contributed by atoms with van der Waals surface area (Å²) < 4.78 is 4.89. The van der Waals surface area contributed by atoms with Crippen LogP contribution in [0.4, 0.5) is 0 Å². The molecule has 0 radical (unpaired) electrons. The maximum absolute atomic E-state index is 2.48. The van der Waals surface area contributed by atoms with E-state index in [1.54, 1.807) is 12.4 Å². The van der Waals surface area contributed by atoms with Crippen LogP contribution in [0, 0.1) is 3.57 Å². The van der Waals surface area contributed by atoms with Gasteiger partial charge in [-0.2, -0.15) is 0 Å². The van der Waals surface area contributed by atoms with Crippen LogP contribution in [0.15, 0.2) is 91.0 Å². The van der Waals surface area contributed by atoms with Crippen LogP contribution in [0.3, 0.4) is 0 Å². The molecule has 0 nitrogen and oxygen atoms in total. The number of hydrogen-bond donors (Lipinski definition) is 0. The van der Waals surface area contributed by atoms with Gasteiger partial charge in [-0.3, -0.25) is 0 Å². The number of fused-ring (bicyclic) bond motifs is 1. The molecule has 6 aromatic rings. The van der Waals surface area contributed by atoms with E-state index in [9.17, 15) is 0 Å². The summed E-state index contributed by atoms with van der Waals surface area (Å²) in [5, 5.41) is 10.9. The predicted molar refractivity (Wildman–Crippen MR) is 136 cm³/mol. The Kier molecular flexibility index (Phi) is 4.01. The molecule has 2 heteroatoms. The van der Waals surface area contributed by atoms with E-state index in [0.717, 1.165) is 0 Å². The van der Waals surface area contributed by atoms with Crippen molar-refractivity contribution in [2.24, 2.45) is 0 Å². The van der Waals surface area contributed by atoms with E-state index < -0.39 is 15.8 Å². The standard InChI is InChI=1S/C28H19I2/c1-2-18-4-5-20-9-12-25(26-13-10-19(3-1)27(18)28(20)26)23-7-6-22-17-24(29-30-14-15-30)11-8-21(22)16-23/h1-13,16-17H,14-15H2/q-1. The molecule has 0 bridgehead atoms. The molecule has 0 unspecified atom stereocenters. The van der Waals surface area contributed by atoms with Crippen LogP contribution >= 0.6 is 15.8 Å². The van der Waals surface area contributed by atoms with Gasteiger partial charge in [0, 0.05) is 0 Å². The molecule has 7 rings (SSSR count). The summed E-state index contributed by atoms with van der Waals surface area (Å²) in [4.78, 5) is 0. The summed E-state index contributed by atoms with van der Waals surface area (Å²) in [7, 11) is 0. The van der Waals surface area contributed by atoms with Crippen molar-refractivity contribution in [3.63, 3.8) is 0 Å². The van der Waals surface area contributed by atoms with Gasteiger partial charge in [0.2, 0.25) is 0 Å². The van der Waals surface area contributed by atoms with Crippen molar-refractivity contribution < 1.29 is 17.2 Å². The zero-order chi connectivity index (χ0) is 19.7. The summed E-state index contributed by atoms with van der Waals surface area (Å²) in [6.07, 6.45) is 0. The molecule has 1 heterocycles. The fourth-order valence-corrected chi connectivity index (χ4v) is 23.5. The third-order valence-corrected chi connectivity index (χ3v) is 22.3. The van der Waals surface area contributed by atoms with Crippen LogP contribution in [0.2, 0.25) is 0 Å². The second kappa shape index (κ2) is 6.79. The van der Waals surface area contributed by atoms with Gasteiger partial charge in [0.05, 0.1) is 0 Å². The van der Waals surface area contributed by atoms with Gasteiger partial charge in [-0.15, -0.1) is 0 Å². The van der Waals surface area contributed by atoms with Crippen LogP contribution in [0.1, 0.15) is 0 Å². The first kappa shape index (κ1) is 17.7. The minimum atomic E-state index is -0.398. The first-order valence-corrected chi connectivity index (χ1v) is 20.7. The Labute approximate surface area is 189 Å². The molecular weight excluding hydrogens is 590 g/mol. The van der Waals surface area contributed by atoms with Crippen molar-refractivity contribution in [2.45, 2.75) is 0 Å². The minimum absolute atomic E-state index is 0.359. The molecule has 0 amide bonds. The molecule has 0 aromatic heterocycles. The van der Waals surface area contributed by atoms with Gasteiger partial charge in [-0.25, -0.2) is 0 Å². The fourth-order valence-electron chi connectivity index (χ4n) is 4.63. The van der Waals surface area contributed by atoms with Crippen LogP contribution < -0.4 is 17.2 Å². The Hall–Kier alpha value is -1.92. The van der Waals surface area contributed by atoms with Crippen molar-refractivity contribution in [3.8, 4) is 11.1 Å². The molecular formula is C28H19I2-. The summed E-state index contributed by atoms with van der Waals surface area (Å²) in [6, 6.07) is 34.7. The SMILES string of the molecule is c1cc2ccc3ccc(-c4ccc5cc([I-]I6CC6)ccc5c4)c4ccc(c1)c2c34. The fraction of sp³-hybridized carbons (Fsp3) is 0.0714. The van der Waals surface area contributed by atoms with Crippen LogP contribution in [-0.2, 0) is 0 Å². The van der Waals surface area contributed by atoms with E-state index in [4.69, 9.17) is 0 Å². The maximum atomic E-state index is 2.48. The van der Waals surface area contributed by atoms with E-state index in [2.05, 4.69) is 91.0 Å². The van der Waals surface area contributed by atoms with Crippen LogP contribution in [-0.4, -0.2) is 8.86 Å². The van der Waals surface area contributed by atoms with Crippen molar-refractivity contribution in [2.75, 3.05) is 8.86 Å².